The van der Waals surface area contributed by atoms with E-state index in [0.29, 0.717) is 17.5 Å². The van der Waals surface area contributed by atoms with Gasteiger partial charge in [-0.1, -0.05) is 13.0 Å². The van der Waals surface area contributed by atoms with Crippen molar-refractivity contribution in [3.8, 4) is 0 Å². The van der Waals surface area contributed by atoms with Gasteiger partial charge in [0.2, 0.25) is 5.91 Å². The fourth-order valence-corrected chi connectivity index (χ4v) is 4.04. The van der Waals surface area contributed by atoms with Gasteiger partial charge in [0.15, 0.2) is 11.6 Å². The van der Waals surface area contributed by atoms with Crippen molar-refractivity contribution in [2.45, 2.75) is 52.6 Å². The van der Waals surface area contributed by atoms with E-state index in [1.54, 1.807) is 34.6 Å². The van der Waals surface area contributed by atoms with Crippen LogP contribution >= 0.6 is 11.3 Å². The van der Waals surface area contributed by atoms with Crippen LogP contribution in [-0.4, -0.2) is 30.6 Å². The highest BCUT2D eigenvalue weighted by molar-refractivity contribution is 7.18. The first-order valence-electron chi connectivity index (χ1n) is 9.60. The molecule has 6 nitrogen and oxygen atoms in total. The predicted octanol–water partition coefficient (Wildman–Crippen LogP) is 5.21. The van der Waals surface area contributed by atoms with Crippen LogP contribution in [0.3, 0.4) is 0 Å². The van der Waals surface area contributed by atoms with Gasteiger partial charge in [-0.25, -0.2) is 18.4 Å². The lowest BCUT2D eigenvalue weighted by molar-refractivity contribution is -0.117. The minimum absolute atomic E-state index is 0.0434. The number of rotatable bonds is 6. The van der Waals surface area contributed by atoms with Crippen LogP contribution in [0.2, 0.25) is 0 Å². The number of carbonyl (C=O) groups is 3. The van der Waals surface area contributed by atoms with Crippen molar-refractivity contribution in [3.05, 3.63) is 51.4 Å². The normalized spacial score (nSPS) is 12.3. The Morgan fingerprint density at radius 2 is 1.77 bits per heavy atom. The number of amides is 1. The van der Waals surface area contributed by atoms with E-state index in [9.17, 15) is 23.2 Å². The molecule has 0 bridgehead atoms. The van der Waals surface area contributed by atoms with Crippen molar-refractivity contribution >= 4 is 34.2 Å². The average Bonchev–Trinajstić information content (AvgIpc) is 2.99. The van der Waals surface area contributed by atoms with E-state index < -0.39 is 41.0 Å². The van der Waals surface area contributed by atoms with E-state index in [1.807, 2.05) is 0 Å². The number of carbonyl (C=O) groups excluding carboxylic acids is 3. The van der Waals surface area contributed by atoms with Gasteiger partial charge < -0.3 is 14.8 Å². The van der Waals surface area contributed by atoms with Gasteiger partial charge in [-0.2, -0.15) is 0 Å². The highest BCUT2D eigenvalue weighted by Crippen LogP contribution is 2.36. The minimum Gasteiger partial charge on any atom is -0.465 e. The number of hydrogen-bond acceptors (Lipinski definition) is 6. The molecular formula is C22H25F2NO5S. The average molecular weight is 454 g/mol. The molecule has 31 heavy (non-hydrogen) atoms. The number of nitrogens with one attached hydrogen (secondary N) is 1. The number of esters is 2. The van der Waals surface area contributed by atoms with Crippen molar-refractivity contribution in [1.29, 1.82) is 0 Å². The second-order valence-corrected chi connectivity index (χ2v) is 8.90. The predicted molar refractivity (Wildman–Crippen MR) is 114 cm³/mol. The molecule has 168 valence electrons. The number of anilines is 1. The third kappa shape index (κ3) is 5.66. The molecule has 1 aromatic carbocycles. The second-order valence-electron chi connectivity index (χ2n) is 7.88. The van der Waals surface area contributed by atoms with Gasteiger partial charge in [0.25, 0.3) is 0 Å². The fraction of sp³-hybridized carbons (Fsp3) is 0.409. The summed E-state index contributed by atoms with van der Waals surface area (Å²) >= 11 is 0.894. The van der Waals surface area contributed by atoms with Crippen LogP contribution in [0.1, 0.15) is 71.2 Å². The van der Waals surface area contributed by atoms with Crippen LogP contribution in [0.15, 0.2) is 18.2 Å². The summed E-state index contributed by atoms with van der Waals surface area (Å²) < 4.78 is 37.1. The number of hydrogen-bond donors (Lipinski definition) is 1. The van der Waals surface area contributed by atoms with E-state index >= 15 is 0 Å². The highest BCUT2D eigenvalue weighted by Gasteiger charge is 2.30. The zero-order valence-electron chi connectivity index (χ0n) is 18.2. The molecule has 0 spiro atoms. The Morgan fingerprint density at radius 3 is 2.29 bits per heavy atom. The number of halogens is 2. The number of methoxy groups -OCH3 is 1. The summed E-state index contributed by atoms with van der Waals surface area (Å²) in [5, 5.41) is 2.76. The van der Waals surface area contributed by atoms with Gasteiger partial charge in [0.05, 0.1) is 18.6 Å². The molecule has 1 heterocycles. The zero-order chi connectivity index (χ0) is 23.5. The quantitative estimate of drug-likeness (QED) is 0.608. The topological polar surface area (TPSA) is 81.7 Å². The Kier molecular flexibility index (Phi) is 7.54. The lowest BCUT2D eigenvalue weighted by atomic mass is 9.95. The number of ether oxygens (including phenoxy) is 2. The van der Waals surface area contributed by atoms with Gasteiger partial charge in [-0.3, -0.25) is 4.79 Å². The van der Waals surface area contributed by atoms with Gasteiger partial charge in [-0.15, -0.1) is 11.3 Å². The Balaban J connectivity index is 2.42. The molecule has 1 atom stereocenters. The van der Waals surface area contributed by atoms with E-state index in [2.05, 4.69) is 5.32 Å². The summed E-state index contributed by atoms with van der Waals surface area (Å²) in [5.41, 5.74) is -0.0919. The Labute approximate surface area is 183 Å². The minimum atomic E-state index is -1.06. The largest absolute Gasteiger partial charge is 0.465 e. The first kappa shape index (κ1) is 24.5. The summed E-state index contributed by atoms with van der Waals surface area (Å²) in [6.45, 7) is 8.42. The summed E-state index contributed by atoms with van der Waals surface area (Å²) in [7, 11) is 1.19. The van der Waals surface area contributed by atoms with E-state index in [0.717, 1.165) is 23.5 Å². The molecule has 0 saturated heterocycles. The van der Waals surface area contributed by atoms with E-state index in [1.165, 1.54) is 13.2 Å². The zero-order valence-corrected chi connectivity index (χ0v) is 19.0. The van der Waals surface area contributed by atoms with Gasteiger partial charge in [-0.05, 0) is 57.4 Å². The molecule has 0 fully saturated rings. The number of benzene rings is 1. The molecule has 1 aromatic heterocycles. The van der Waals surface area contributed by atoms with Crippen LogP contribution in [0, 0.1) is 18.6 Å². The molecule has 0 aliphatic carbocycles. The Morgan fingerprint density at radius 1 is 1.13 bits per heavy atom. The van der Waals surface area contributed by atoms with Crippen molar-refractivity contribution in [1.82, 2.24) is 0 Å². The van der Waals surface area contributed by atoms with Gasteiger partial charge in [0.1, 0.15) is 15.5 Å². The summed E-state index contributed by atoms with van der Waals surface area (Å²) in [6, 6.07) is 3.26. The third-order valence-electron chi connectivity index (χ3n) is 4.43. The van der Waals surface area contributed by atoms with Crippen LogP contribution in [0.4, 0.5) is 13.8 Å². The molecule has 9 heteroatoms. The maximum atomic E-state index is 13.6. The first-order chi connectivity index (χ1) is 14.4. The van der Waals surface area contributed by atoms with E-state index in [-0.39, 0.29) is 15.4 Å². The molecule has 0 aliphatic rings. The van der Waals surface area contributed by atoms with E-state index in [4.69, 9.17) is 9.47 Å². The van der Waals surface area contributed by atoms with Gasteiger partial charge in [0, 0.05) is 0 Å². The second kappa shape index (κ2) is 9.55. The Bertz CT molecular complexity index is 1010. The molecule has 0 saturated carbocycles. The molecule has 1 N–H and O–H groups in total. The van der Waals surface area contributed by atoms with Crippen LogP contribution in [-0.2, 0) is 14.3 Å². The summed E-state index contributed by atoms with van der Waals surface area (Å²) in [6.07, 6.45) is 0.299. The van der Waals surface area contributed by atoms with Crippen molar-refractivity contribution in [2.75, 3.05) is 12.4 Å². The van der Waals surface area contributed by atoms with Gasteiger partial charge >= 0.3 is 11.9 Å². The molecular weight excluding hydrogens is 428 g/mol. The highest BCUT2D eigenvalue weighted by atomic mass is 32.1. The monoisotopic (exact) mass is 453 g/mol. The lowest BCUT2D eigenvalue weighted by Gasteiger charge is -2.19. The SMILES string of the molecule is CCC(C(=O)Nc1sc(C(=O)OC(C)(C)C)c(C)c1C(=O)OC)c1ccc(F)c(F)c1. The summed E-state index contributed by atoms with van der Waals surface area (Å²) in [5.74, 6) is -4.75. The number of thiophene rings is 1. The van der Waals surface area contributed by atoms with Crippen molar-refractivity contribution in [2.24, 2.45) is 0 Å². The van der Waals surface area contributed by atoms with Crippen LogP contribution in [0.5, 0.6) is 0 Å². The Hall–Kier alpha value is -2.81. The first-order valence-corrected chi connectivity index (χ1v) is 10.4. The van der Waals surface area contributed by atoms with Crippen molar-refractivity contribution in [3.63, 3.8) is 0 Å². The molecule has 1 amide bonds. The van der Waals surface area contributed by atoms with Crippen LogP contribution < -0.4 is 5.32 Å². The molecule has 0 radical (unpaired) electrons. The maximum absolute atomic E-state index is 13.6. The molecule has 1 unspecified atom stereocenters. The molecule has 2 rings (SSSR count). The standard InChI is InChI=1S/C22H25F2NO5S/c1-7-13(12-8-9-14(23)15(24)10-12)18(26)25-19-16(20(27)29-6)11(2)17(31-19)21(28)30-22(3,4)5/h8-10,13H,7H2,1-6H3,(H,25,26). The molecule has 2 aromatic rings. The smallest absolute Gasteiger partial charge is 0.349 e. The lowest BCUT2D eigenvalue weighted by Crippen LogP contribution is -2.23. The third-order valence-corrected chi connectivity index (χ3v) is 5.62. The fourth-order valence-electron chi connectivity index (χ4n) is 2.97. The van der Waals surface area contributed by atoms with Crippen molar-refractivity contribution < 1.29 is 32.6 Å². The molecule has 0 aliphatic heterocycles. The summed E-state index contributed by atoms with van der Waals surface area (Å²) in [4.78, 5) is 38.0. The maximum Gasteiger partial charge on any atom is 0.349 e. The van der Waals surface area contributed by atoms with Crippen LogP contribution in [0.25, 0.3) is 0 Å².